The van der Waals surface area contributed by atoms with Gasteiger partial charge in [0.2, 0.25) is 5.91 Å². The number of amides is 1. The van der Waals surface area contributed by atoms with E-state index in [0.29, 0.717) is 32.4 Å². The molecule has 0 saturated carbocycles. The maximum absolute atomic E-state index is 12.0. The second-order valence-corrected chi connectivity index (χ2v) is 4.83. The fourth-order valence-electron chi connectivity index (χ4n) is 2.39. The Morgan fingerprint density at radius 1 is 1.37 bits per heavy atom. The first-order valence-corrected chi connectivity index (χ1v) is 6.29. The first-order chi connectivity index (χ1) is 9.07. The Bertz CT molecular complexity index is 451. The molecule has 1 saturated heterocycles. The zero-order chi connectivity index (χ0) is 13.9. The van der Waals surface area contributed by atoms with Crippen LogP contribution >= 0.6 is 0 Å². The Morgan fingerprint density at radius 3 is 2.53 bits per heavy atom. The lowest BCUT2D eigenvalue weighted by molar-refractivity contribution is -0.154. The summed E-state index contributed by atoms with van der Waals surface area (Å²) in [5.74, 6) is -0.843. The fourth-order valence-corrected chi connectivity index (χ4v) is 2.39. The normalized spacial score (nSPS) is 18.3. The zero-order valence-corrected chi connectivity index (χ0v) is 10.8. The molecule has 0 radical (unpaired) electrons. The van der Waals surface area contributed by atoms with Crippen LogP contribution in [0.5, 0.6) is 0 Å². The number of nitrogens with zero attached hydrogens (tertiary/aromatic N) is 5. The van der Waals surface area contributed by atoms with E-state index in [-0.39, 0.29) is 12.5 Å². The van der Waals surface area contributed by atoms with Crippen molar-refractivity contribution in [2.45, 2.75) is 32.7 Å². The number of carboxylic acids is 1. The topological polar surface area (TPSA) is 101 Å². The van der Waals surface area contributed by atoms with Crippen LogP contribution in [0.25, 0.3) is 0 Å². The first kappa shape index (κ1) is 13.4. The lowest BCUT2D eigenvalue weighted by Crippen LogP contribution is -2.47. The van der Waals surface area contributed by atoms with Gasteiger partial charge in [0.05, 0.1) is 5.41 Å². The van der Waals surface area contributed by atoms with E-state index in [2.05, 4.69) is 15.5 Å². The van der Waals surface area contributed by atoms with Crippen LogP contribution in [0.3, 0.4) is 0 Å². The highest BCUT2D eigenvalue weighted by Gasteiger charge is 2.40. The van der Waals surface area contributed by atoms with Gasteiger partial charge in [0.15, 0.2) is 0 Å². The van der Waals surface area contributed by atoms with Gasteiger partial charge in [-0.25, -0.2) is 4.68 Å². The van der Waals surface area contributed by atoms with Gasteiger partial charge in [-0.15, -0.1) is 5.10 Å². The largest absolute Gasteiger partial charge is 0.481 e. The van der Waals surface area contributed by atoms with Crippen molar-refractivity contribution in [2.75, 3.05) is 13.1 Å². The predicted molar refractivity (Wildman–Crippen MR) is 64.0 cm³/mol. The number of carbonyl (C=O) groups is 2. The maximum Gasteiger partial charge on any atom is 0.309 e. The van der Waals surface area contributed by atoms with E-state index in [1.807, 2.05) is 6.92 Å². The molecule has 1 fully saturated rings. The Labute approximate surface area is 110 Å². The smallest absolute Gasteiger partial charge is 0.309 e. The fraction of sp³-hybridized carbons (Fsp3) is 0.727. The van der Waals surface area contributed by atoms with Crippen molar-refractivity contribution in [3.05, 3.63) is 6.33 Å². The molecule has 0 bridgehead atoms. The van der Waals surface area contributed by atoms with Crippen LogP contribution in [-0.2, 0) is 16.1 Å². The van der Waals surface area contributed by atoms with Gasteiger partial charge in [0.1, 0.15) is 12.9 Å². The highest BCUT2D eigenvalue weighted by atomic mass is 16.4. The molecule has 0 aliphatic carbocycles. The summed E-state index contributed by atoms with van der Waals surface area (Å²) in [6.07, 6.45) is 2.98. The summed E-state index contributed by atoms with van der Waals surface area (Å²) in [7, 11) is 0. The van der Waals surface area contributed by atoms with Gasteiger partial charge in [0.25, 0.3) is 0 Å². The van der Waals surface area contributed by atoms with E-state index in [4.69, 9.17) is 0 Å². The number of hydrogen-bond acceptors (Lipinski definition) is 5. The van der Waals surface area contributed by atoms with E-state index in [1.54, 1.807) is 4.90 Å². The second kappa shape index (κ2) is 5.33. The van der Waals surface area contributed by atoms with Crippen LogP contribution in [0.1, 0.15) is 26.2 Å². The molecule has 0 unspecified atom stereocenters. The van der Waals surface area contributed by atoms with Crippen molar-refractivity contribution < 1.29 is 14.7 Å². The van der Waals surface area contributed by atoms with Crippen LogP contribution in [0.15, 0.2) is 6.33 Å². The maximum atomic E-state index is 12.0. The van der Waals surface area contributed by atoms with E-state index >= 15 is 0 Å². The summed E-state index contributed by atoms with van der Waals surface area (Å²) in [6, 6.07) is 0. The zero-order valence-electron chi connectivity index (χ0n) is 10.8. The molecule has 1 aliphatic rings. The summed E-state index contributed by atoms with van der Waals surface area (Å²) in [5, 5.41) is 19.9. The molecule has 2 heterocycles. The minimum Gasteiger partial charge on any atom is -0.481 e. The third-order valence-corrected chi connectivity index (χ3v) is 3.89. The molecule has 8 nitrogen and oxygen atoms in total. The van der Waals surface area contributed by atoms with E-state index in [0.717, 1.165) is 0 Å². The number of carboxylic acid groups (broad SMARTS) is 1. The Kier molecular flexibility index (Phi) is 3.77. The average molecular weight is 267 g/mol. The molecule has 1 aliphatic heterocycles. The molecular formula is C11H17N5O3. The van der Waals surface area contributed by atoms with Gasteiger partial charge < -0.3 is 10.0 Å². The van der Waals surface area contributed by atoms with Crippen molar-refractivity contribution in [1.82, 2.24) is 25.1 Å². The lowest BCUT2D eigenvalue weighted by atomic mass is 9.76. The number of piperidine rings is 1. The SMILES string of the molecule is CCC1(C(=O)O)CCN(C(=O)Cn2cnnn2)CC1. The van der Waals surface area contributed by atoms with Gasteiger partial charge in [-0.3, -0.25) is 9.59 Å². The van der Waals surface area contributed by atoms with E-state index < -0.39 is 11.4 Å². The minimum absolute atomic E-state index is 0.0811. The monoisotopic (exact) mass is 267 g/mol. The van der Waals surface area contributed by atoms with Gasteiger partial charge in [-0.1, -0.05) is 6.92 Å². The molecule has 0 spiro atoms. The van der Waals surface area contributed by atoms with Crippen molar-refractivity contribution >= 4 is 11.9 Å². The van der Waals surface area contributed by atoms with Crippen LogP contribution in [0, 0.1) is 5.41 Å². The molecule has 8 heteroatoms. The van der Waals surface area contributed by atoms with Gasteiger partial charge in [-0.2, -0.15) is 0 Å². The number of aliphatic carboxylic acids is 1. The molecule has 1 aromatic rings. The number of carbonyl (C=O) groups excluding carboxylic acids is 1. The number of tetrazole rings is 1. The van der Waals surface area contributed by atoms with Crippen molar-refractivity contribution in [3.8, 4) is 0 Å². The molecule has 104 valence electrons. The van der Waals surface area contributed by atoms with Crippen LogP contribution in [0.2, 0.25) is 0 Å². The van der Waals surface area contributed by atoms with E-state index in [9.17, 15) is 14.7 Å². The van der Waals surface area contributed by atoms with Gasteiger partial charge in [-0.05, 0) is 29.7 Å². The van der Waals surface area contributed by atoms with Crippen LogP contribution < -0.4 is 0 Å². The van der Waals surface area contributed by atoms with Crippen molar-refractivity contribution in [1.29, 1.82) is 0 Å². The van der Waals surface area contributed by atoms with Crippen molar-refractivity contribution in [2.24, 2.45) is 5.41 Å². The number of hydrogen-bond donors (Lipinski definition) is 1. The van der Waals surface area contributed by atoms with Gasteiger partial charge >= 0.3 is 5.97 Å². The van der Waals surface area contributed by atoms with E-state index in [1.165, 1.54) is 11.0 Å². The third kappa shape index (κ3) is 2.72. The molecule has 1 amide bonds. The highest BCUT2D eigenvalue weighted by Crippen LogP contribution is 2.35. The quantitative estimate of drug-likeness (QED) is 0.809. The Hall–Kier alpha value is -1.99. The van der Waals surface area contributed by atoms with Crippen molar-refractivity contribution in [3.63, 3.8) is 0 Å². The number of rotatable bonds is 4. The van der Waals surface area contributed by atoms with Crippen LogP contribution in [0.4, 0.5) is 0 Å². The minimum atomic E-state index is -0.762. The van der Waals surface area contributed by atoms with Crippen LogP contribution in [-0.4, -0.2) is 55.2 Å². The Balaban J connectivity index is 1.92. The summed E-state index contributed by atoms with van der Waals surface area (Å²) in [5.41, 5.74) is -0.675. The molecular weight excluding hydrogens is 250 g/mol. The molecule has 1 aromatic heterocycles. The van der Waals surface area contributed by atoms with Gasteiger partial charge in [0, 0.05) is 13.1 Å². The highest BCUT2D eigenvalue weighted by molar-refractivity contribution is 5.78. The number of likely N-dealkylation sites (tertiary alicyclic amines) is 1. The summed E-state index contributed by atoms with van der Waals surface area (Å²) >= 11 is 0. The summed E-state index contributed by atoms with van der Waals surface area (Å²) in [4.78, 5) is 25.0. The standard InChI is InChI=1S/C11H17N5O3/c1-2-11(10(18)19)3-5-15(6-4-11)9(17)7-16-8-12-13-14-16/h8H,2-7H2,1H3,(H,18,19). The molecule has 0 atom stereocenters. The molecule has 19 heavy (non-hydrogen) atoms. The predicted octanol–water partition coefficient (Wildman–Crippen LogP) is -0.223. The first-order valence-electron chi connectivity index (χ1n) is 6.29. The summed E-state index contributed by atoms with van der Waals surface area (Å²) in [6.45, 7) is 2.92. The molecule has 0 aromatic carbocycles. The molecule has 1 N–H and O–H groups in total. The average Bonchev–Trinajstić information content (AvgIpc) is 2.91. The lowest BCUT2D eigenvalue weighted by Gasteiger charge is -2.38. The second-order valence-electron chi connectivity index (χ2n) is 4.83. The Morgan fingerprint density at radius 2 is 2.05 bits per heavy atom. The summed E-state index contributed by atoms with van der Waals surface area (Å²) < 4.78 is 1.36. The molecule has 2 rings (SSSR count). The number of aromatic nitrogens is 4. The third-order valence-electron chi connectivity index (χ3n) is 3.89.